The zero-order valence-corrected chi connectivity index (χ0v) is 9.31. The van der Waals surface area contributed by atoms with Crippen molar-refractivity contribution in [2.45, 2.75) is 19.8 Å². The number of nitrogens with zero attached hydrogens (tertiary/aromatic N) is 1. The molecule has 14 heavy (non-hydrogen) atoms. The molecule has 0 bridgehead atoms. The van der Waals surface area contributed by atoms with Crippen LogP contribution in [-0.2, 0) is 0 Å². The van der Waals surface area contributed by atoms with Crippen LogP contribution < -0.4 is 10.7 Å². The van der Waals surface area contributed by atoms with Crippen molar-refractivity contribution < 1.29 is 0 Å². The number of nitrogens with one attached hydrogen (secondary N) is 2. The highest BCUT2D eigenvalue weighted by atomic mass is 32.1. The van der Waals surface area contributed by atoms with Crippen molar-refractivity contribution in [3.8, 4) is 0 Å². The third-order valence-electron chi connectivity index (χ3n) is 1.33. The molecule has 0 aliphatic carbocycles. The molecule has 0 amide bonds. The second-order valence-corrected chi connectivity index (χ2v) is 3.01. The van der Waals surface area contributed by atoms with Crippen LogP contribution in [0.3, 0.4) is 0 Å². The summed E-state index contributed by atoms with van der Waals surface area (Å²) in [5.41, 5.74) is 2.69. The van der Waals surface area contributed by atoms with Crippen LogP contribution in [0.1, 0.15) is 19.8 Å². The molecule has 0 aliphatic rings. The van der Waals surface area contributed by atoms with Crippen LogP contribution in [0.4, 0.5) is 0 Å². The molecule has 0 rings (SSSR count). The van der Waals surface area contributed by atoms with Crippen molar-refractivity contribution in [2.24, 2.45) is 5.10 Å². The normalized spacial score (nSPS) is 10.6. The van der Waals surface area contributed by atoms with Crippen LogP contribution in [0.5, 0.6) is 0 Å². The predicted octanol–water partition coefficient (Wildman–Crippen LogP) is 1.98. The van der Waals surface area contributed by atoms with Gasteiger partial charge < -0.3 is 5.32 Å². The maximum atomic E-state index is 4.91. The van der Waals surface area contributed by atoms with Crippen molar-refractivity contribution in [2.75, 3.05) is 6.54 Å². The van der Waals surface area contributed by atoms with E-state index in [1.165, 1.54) is 0 Å². The van der Waals surface area contributed by atoms with Crippen LogP contribution in [-0.4, -0.2) is 17.9 Å². The van der Waals surface area contributed by atoms with Gasteiger partial charge in [-0.05, 0) is 24.7 Å². The molecule has 0 atom stereocenters. The number of unbranched alkanes of at least 4 members (excludes halogenated alkanes) is 1. The van der Waals surface area contributed by atoms with Gasteiger partial charge in [0.1, 0.15) is 0 Å². The average Bonchev–Trinajstić information content (AvgIpc) is 2.20. The summed E-state index contributed by atoms with van der Waals surface area (Å²) < 4.78 is 0. The highest BCUT2D eigenvalue weighted by Crippen LogP contribution is 1.85. The second-order valence-electron chi connectivity index (χ2n) is 2.61. The standard InChI is InChI=1S/C10H17N3S/c1-3-5-6-7-9-12-13-10(14)11-8-4-2/h4,6-7,9H,2-3,5,8H2,1H3,(H2,11,13,14)/b7-6+,12-9-. The summed E-state index contributed by atoms with van der Waals surface area (Å²) in [7, 11) is 0. The minimum atomic E-state index is 0.505. The molecule has 0 aromatic carbocycles. The van der Waals surface area contributed by atoms with E-state index in [4.69, 9.17) is 12.2 Å². The first kappa shape index (κ1) is 12.8. The summed E-state index contributed by atoms with van der Waals surface area (Å²) >= 11 is 4.91. The Bertz CT molecular complexity index is 221. The summed E-state index contributed by atoms with van der Waals surface area (Å²) in [5.74, 6) is 0. The Morgan fingerprint density at radius 2 is 2.36 bits per heavy atom. The molecule has 0 unspecified atom stereocenters. The molecule has 0 saturated carbocycles. The van der Waals surface area contributed by atoms with Crippen molar-refractivity contribution >= 4 is 23.5 Å². The Hall–Kier alpha value is -1.16. The maximum absolute atomic E-state index is 4.91. The fourth-order valence-corrected chi connectivity index (χ4v) is 0.803. The van der Waals surface area contributed by atoms with Crippen molar-refractivity contribution in [1.82, 2.24) is 10.7 Å². The average molecular weight is 211 g/mol. The molecule has 0 aromatic heterocycles. The lowest BCUT2D eigenvalue weighted by molar-refractivity contribution is 0.941. The fraction of sp³-hybridized carbons (Fsp3) is 0.400. The van der Waals surface area contributed by atoms with E-state index in [1.807, 2.05) is 6.08 Å². The zero-order chi connectivity index (χ0) is 10.6. The van der Waals surface area contributed by atoms with E-state index in [2.05, 4.69) is 35.4 Å². The minimum absolute atomic E-state index is 0.505. The van der Waals surface area contributed by atoms with Gasteiger partial charge in [-0.2, -0.15) is 5.10 Å². The quantitative estimate of drug-likeness (QED) is 0.305. The van der Waals surface area contributed by atoms with Gasteiger partial charge in [-0.25, -0.2) is 0 Å². The van der Waals surface area contributed by atoms with Gasteiger partial charge in [-0.1, -0.05) is 25.5 Å². The first-order valence-corrected chi connectivity index (χ1v) is 5.05. The molecule has 0 saturated heterocycles. The molecule has 0 spiro atoms. The molecule has 4 heteroatoms. The lowest BCUT2D eigenvalue weighted by atomic mass is 10.3. The number of hydrazone groups is 1. The van der Waals surface area contributed by atoms with Crippen LogP contribution in [0.25, 0.3) is 0 Å². The van der Waals surface area contributed by atoms with E-state index in [1.54, 1.807) is 12.3 Å². The van der Waals surface area contributed by atoms with Gasteiger partial charge in [-0.3, -0.25) is 5.43 Å². The molecular weight excluding hydrogens is 194 g/mol. The van der Waals surface area contributed by atoms with Crippen molar-refractivity contribution in [1.29, 1.82) is 0 Å². The van der Waals surface area contributed by atoms with E-state index in [0.29, 0.717) is 11.7 Å². The summed E-state index contributed by atoms with van der Waals surface area (Å²) in [5, 5.41) is 7.30. The number of hydrogen-bond donors (Lipinski definition) is 2. The van der Waals surface area contributed by atoms with Crippen LogP contribution >= 0.6 is 12.2 Å². The fourth-order valence-electron chi connectivity index (χ4n) is 0.667. The van der Waals surface area contributed by atoms with E-state index in [-0.39, 0.29) is 0 Å². The van der Waals surface area contributed by atoms with E-state index in [9.17, 15) is 0 Å². The van der Waals surface area contributed by atoms with E-state index < -0.39 is 0 Å². The van der Waals surface area contributed by atoms with Crippen LogP contribution in [0, 0.1) is 0 Å². The Morgan fingerprint density at radius 1 is 1.57 bits per heavy atom. The first-order valence-electron chi connectivity index (χ1n) is 4.64. The molecule has 78 valence electrons. The smallest absolute Gasteiger partial charge is 0.187 e. The van der Waals surface area contributed by atoms with E-state index in [0.717, 1.165) is 12.8 Å². The summed E-state index contributed by atoms with van der Waals surface area (Å²) in [4.78, 5) is 0. The van der Waals surface area contributed by atoms with Gasteiger partial charge >= 0.3 is 0 Å². The topological polar surface area (TPSA) is 36.4 Å². The van der Waals surface area contributed by atoms with Gasteiger partial charge in [0.2, 0.25) is 0 Å². The largest absolute Gasteiger partial charge is 0.358 e. The summed E-state index contributed by atoms with van der Waals surface area (Å²) in [6.07, 6.45) is 9.59. The molecule has 0 radical (unpaired) electrons. The van der Waals surface area contributed by atoms with Gasteiger partial charge in [0.15, 0.2) is 5.11 Å². The molecule has 0 fully saturated rings. The monoisotopic (exact) mass is 211 g/mol. The van der Waals surface area contributed by atoms with Gasteiger partial charge in [0, 0.05) is 12.8 Å². The number of rotatable bonds is 6. The molecule has 0 heterocycles. The summed E-state index contributed by atoms with van der Waals surface area (Å²) in [6, 6.07) is 0. The highest BCUT2D eigenvalue weighted by molar-refractivity contribution is 7.80. The number of hydrogen-bond acceptors (Lipinski definition) is 2. The second kappa shape index (κ2) is 9.92. The molecule has 2 N–H and O–H groups in total. The third-order valence-corrected chi connectivity index (χ3v) is 1.56. The SMILES string of the molecule is C=CCNC(=S)N/N=C\C=C\CCC. The Balaban J connectivity index is 3.50. The Kier molecular flexibility index (Phi) is 9.10. The predicted molar refractivity (Wildman–Crippen MR) is 66.5 cm³/mol. The van der Waals surface area contributed by atoms with Gasteiger partial charge in [0.25, 0.3) is 0 Å². The minimum Gasteiger partial charge on any atom is -0.358 e. The molecular formula is C10H17N3S. The van der Waals surface area contributed by atoms with Crippen LogP contribution in [0.15, 0.2) is 29.9 Å². The van der Waals surface area contributed by atoms with Crippen molar-refractivity contribution in [3.05, 3.63) is 24.8 Å². The van der Waals surface area contributed by atoms with Gasteiger partial charge in [-0.15, -0.1) is 6.58 Å². The summed E-state index contributed by atoms with van der Waals surface area (Å²) in [6.45, 7) is 6.34. The Morgan fingerprint density at radius 3 is 3.00 bits per heavy atom. The van der Waals surface area contributed by atoms with E-state index >= 15 is 0 Å². The highest BCUT2D eigenvalue weighted by Gasteiger charge is 1.86. The lowest BCUT2D eigenvalue weighted by Crippen LogP contribution is -2.31. The van der Waals surface area contributed by atoms with Crippen LogP contribution in [0.2, 0.25) is 0 Å². The van der Waals surface area contributed by atoms with Gasteiger partial charge in [0.05, 0.1) is 0 Å². The molecule has 0 aliphatic heterocycles. The third kappa shape index (κ3) is 8.93. The number of thiocarbonyl (C=S) groups is 1. The first-order chi connectivity index (χ1) is 6.81. The lowest BCUT2D eigenvalue weighted by Gasteiger charge is -2.01. The molecule has 3 nitrogen and oxygen atoms in total. The number of allylic oxidation sites excluding steroid dienone is 2. The Labute approximate surface area is 91.0 Å². The maximum Gasteiger partial charge on any atom is 0.187 e. The molecule has 0 aromatic rings. The van der Waals surface area contributed by atoms with Crippen molar-refractivity contribution in [3.63, 3.8) is 0 Å². The zero-order valence-electron chi connectivity index (χ0n) is 8.49.